The molecule has 0 saturated carbocycles. The molecule has 0 aliphatic carbocycles. The van der Waals surface area contributed by atoms with Crippen molar-refractivity contribution < 1.29 is 4.39 Å². The van der Waals surface area contributed by atoms with Gasteiger partial charge in [0.15, 0.2) is 0 Å². The van der Waals surface area contributed by atoms with Crippen LogP contribution in [0.3, 0.4) is 0 Å². The van der Waals surface area contributed by atoms with Gasteiger partial charge in [-0.1, -0.05) is 22.4 Å². The molecule has 0 amide bonds. The van der Waals surface area contributed by atoms with Gasteiger partial charge in [-0.2, -0.15) is 0 Å². The van der Waals surface area contributed by atoms with Crippen LogP contribution in [0.2, 0.25) is 0 Å². The molecule has 0 aromatic heterocycles. The summed E-state index contributed by atoms with van der Waals surface area (Å²) in [5, 5.41) is 1.07. The van der Waals surface area contributed by atoms with E-state index < -0.39 is 0 Å². The number of halogens is 2. The molecule has 78 valence electrons. The van der Waals surface area contributed by atoms with E-state index in [1.165, 1.54) is 32.2 Å². The lowest BCUT2D eigenvalue weighted by Crippen LogP contribution is -2.40. The fourth-order valence-corrected chi connectivity index (χ4v) is 2.60. The third-order valence-corrected chi connectivity index (χ3v) is 3.23. The van der Waals surface area contributed by atoms with Crippen molar-refractivity contribution in [3.63, 3.8) is 0 Å². The average molecular weight is 252 g/mol. The van der Waals surface area contributed by atoms with Crippen LogP contribution in [0.5, 0.6) is 0 Å². The van der Waals surface area contributed by atoms with Crippen LogP contribution in [0.25, 0.3) is 0 Å². The molecule has 0 radical (unpaired) electrons. The normalized spacial score (nSPS) is 24.9. The first kappa shape index (κ1) is 11.4. The monoisotopic (exact) mass is 251 g/mol. The van der Waals surface area contributed by atoms with Crippen LogP contribution in [0.1, 0.15) is 32.1 Å². The Kier molecular flexibility index (Phi) is 5.96. The maximum atomic E-state index is 12.0. The minimum atomic E-state index is -0.169. The molecule has 1 nitrogen and oxygen atoms in total. The molecule has 1 atom stereocenters. The molecule has 0 N–H and O–H groups in total. The van der Waals surface area contributed by atoms with Gasteiger partial charge in [0.05, 0.1) is 6.67 Å². The first-order chi connectivity index (χ1) is 6.38. The number of hydrogen-bond donors (Lipinski definition) is 0. The zero-order valence-corrected chi connectivity index (χ0v) is 9.73. The second-order valence-corrected chi connectivity index (χ2v) is 4.50. The molecule has 1 rings (SSSR count). The predicted molar refractivity (Wildman–Crippen MR) is 58.2 cm³/mol. The SMILES string of the molecule is FCCCN1CCCCC1CCBr. The molecule has 1 saturated heterocycles. The first-order valence-corrected chi connectivity index (χ1v) is 6.36. The highest BCUT2D eigenvalue weighted by Crippen LogP contribution is 2.20. The Morgan fingerprint density at radius 1 is 1.38 bits per heavy atom. The molecule has 3 heteroatoms. The summed E-state index contributed by atoms with van der Waals surface area (Å²) >= 11 is 3.48. The number of hydrogen-bond acceptors (Lipinski definition) is 1. The van der Waals surface area contributed by atoms with Crippen LogP contribution in [0.15, 0.2) is 0 Å². The molecule has 1 aliphatic heterocycles. The average Bonchev–Trinajstić information content (AvgIpc) is 2.17. The summed E-state index contributed by atoms with van der Waals surface area (Å²) in [5.41, 5.74) is 0. The molecular weight excluding hydrogens is 233 g/mol. The predicted octanol–water partition coefficient (Wildman–Crippen LogP) is 2.99. The highest BCUT2D eigenvalue weighted by Gasteiger charge is 2.20. The lowest BCUT2D eigenvalue weighted by atomic mass is 10.00. The summed E-state index contributed by atoms with van der Waals surface area (Å²) < 4.78 is 12.0. The summed E-state index contributed by atoms with van der Waals surface area (Å²) in [6.07, 6.45) is 5.87. The van der Waals surface area contributed by atoms with E-state index in [-0.39, 0.29) is 6.67 Å². The van der Waals surface area contributed by atoms with E-state index in [9.17, 15) is 4.39 Å². The summed E-state index contributed by atoms with van der Waals surface area (Å²) in [7, 11) is 0. The maximum absolute atomic E-state index is 12.0. The van der Waals surface area contributed by atoms with Crippen LogP contribution in [0, 0.1) is 0 Å². The number of likely N-dealkylation sites (tertiary alicyclic amines) is 1. The van der Waals surface area contributed by atoms with Crippen molar-refractivity contribution in [3.8, 4) is 0 Å². The third-order valence-electron chi connectivity index (χ3n) is 2.77. The van der Waals surface area contributed by atoms with Gasteiger partial charge < -0.3 is 4.90 Å². The molecule has 0 bridgehead atoms. The topological polar surface area (TPSA) is 3.24 Å². The fraction of sp³-hybridized carbons (Fsp3) is 1.00. The van der Waals surface area contributed by atoms with E-state index in [0.717, 1.165) is 11.9 Å². The van der Waals surface area contributed by atoms with Crippen LogP contribution < -0.4 is 0 Å². The highest BCUT2D eigenvalue weighted by molar-refractivity contribution is 9.09. The van der Waals surface area contributed by atoms with Crippen LogP contribution in [-0.4, -0.2) is 36.0 Å². The second-order valence-electron chi connectivity index (χ2n) is 3.71. The molecule has 1 fully saturated rings. The number of piperidine rings is 1. The van der Waals surface area contributed by atoms with E-state index in [2.05, 4.69) is 20.8 Å². The molecule has 13 heavy (non-hydrogen) atoms. The summed E-state index contributed by atoms with van der Waals surface area (Å²) in [6.45, 7) is 1.96. The van der Waals surface area contributed by atoms with Gasteiger partial charge in [0.1, 0.15) is 0 Å². The molecule has 1 heterocycles. The van der Waals surface area contributed by atoms with Crippen LogP contribution >= 0.6 is 15.9 Å². The minimum Gasteiger partial charge on any atom is -0.300 e. The smallest absolute Gasteiger partial charge is 0.0906 e. The van der Waals surface area contributed by atoms with Crippen molar-refractivity contribution in [1.29, 1.82) is 0 Å². The van der Waals surface area contributed by atoms with Gasteiger partial charge in [-0.15, -0.1) is 0 Å². The molecule has 0 spiro atoms. The lowest BCUT2D eigenvalue weighted by molar-refractivity contribution is 0.140. The van der Waals surface area contributed by atoms with Gasteiger partial charge in [-0.05, 0) is 32.2 Å². The van der Waals surface area contributed by atoms with Gasteiger partial charge in [-0.25, -0.2) is 0 Å². The van der Waals surface area contributed by atoms with Crippen LogP contribution in [-0.2, 0) is 0 Å². The van der Waals surface area contributed by atoms with Crippen molar-refractivity contribution in [2.24, 2.45) is 0 Å². The van der Waals surface area contributed by atoms with Crippen molar-refractivity contribution >= 4 is 15.9 Å². The number of rotatable bonds is 5. The van der Waals surface area contributed by atoms with Gasteiger partial charge in [0.25, 0.3) is 0 Å². The third kappa shape index (κ3) is 3.94. The Hall–Kier alpha value is 0.370. The van der Waals surface area contributed by atoms with Gasteiger partial charge in [0.2, 0.25) is 0 Å². The van der Waals surface area contributed by atoms with Gasteiger partial charge in [0, 0.05) is 17.9 Å². The Morgan fingerprint density at radius 3 is 2.92 bits per heavy atom. The van der Waals surface area contributed by atoms with Crippen molar-refractivity contribution in [2.75, 3.05) is 25.1 Å². The minimum absolute atomic E-state index is 0.169. The van der Waals surface area contributed by atoms with Crippen molar-refractivity contribution in [1.82, 2.24) is 4.90 Å². The standard InChI is InChI=1S/C10H19BrFN/c11-6-5-10-4-1-2-8-13(10)9-3-7-12/h10H,1-9H2. The zero-order chi connectivity index (χ0) is 9.52. The maximum Gasteiger partial charge on any atom is 0.0906 e. The molecule has 0 aromatic carbocycles. The van der Waals surface area contributed by atoms with E-state index in [4.69, 9.17) is 0 Å². The van der Waals surface area contributed by atoms with E-state index in [1.807, 2.05) is 0 Å². The molecule has 1 aliphatic rings. The summed E-state index contributed by atoms with van der Waals surface area (Å²) in [5.74, 6) is 0. The molecular formula is C10H19BrFN. The fourth-order valence-electron chi connectivity index (χ4n) is 2.07. The van der Waals surface area contributed by atoms with Crippen molar-refractivity contribution in [2.45, 2.75) is 38.1 Å². The van der Waals surface area contributed by atoms with E-state index >= 15 is 0 Å². The lowest BCUT2D eigenvalue weighted by Gasteiger charge is -2.35. The Morgan fingerprint density at radius 2 is 2.23 bits per heavy atom. The van der Waals surface area contributed by atoms with E-state index in [0.29, 0.717) is 12.5 Å². The highest BCUT2D eigenvalue weighted by atomic mass is 79.9. The molecule has 0 aromatic rings. The first-order valence-electron chi connectivity index (χ1n) is 5.24. The molecule has 1 unspecified atom stereocenters. The van der Waals surface area contributed by atoms with Crippen molar-refractivity contribution in [3.05, 3.63) is 0 Å². The Bertz CT molecular complexity index is 130. The number of nitrogens with zero attached hydrogens (tertiary/aromatic N) is 1. The zero-order valence-electron chi connectivity index (χ0n) is 8.14. The quantitative estimate of drug-likeness (QED) is 0.680. The Labute approximate surface area is 88.8 Å². The second kappa shape index (κ2) is 6.77. The van der Waals surface area contributed by atoms with E-state index in [1.54, 1.807) is 0 Å². The summed E-state index contributed by atoms with van der Waals surface area (Å²) in [6, 6.07) is 0.708. The Balaban J connectivity index is 2.28. The van der Waals surface area contributed by atoms with Gasteiger partial charge in [-0.3, -0.25) is 4.39 Å². The number of alkyl halides is 2. The largest absolute Gasteiger partial charge is 0.300 e. The summed E-state index contributed by atoms with van der Waals surface area (Å²) in [4.78, 5) is 2.46. The van der Waals surface area contributed by atoms with Gasteiger partial charge >= 0.3 is 0 Å². The van der Waals surface area contributed by atoms with Crippen LogP contribution in [0.4, 0.5) is 4.39 Å².